The molecule has 1 aromatic rings. The van der Waals surface area contributed by atoms with Crippen molar-refractivity contribution < 1.29 is 9.72 Å². The van der Waals surface area contributed by atoms with E-state index in [-0.39, 0.29) is 29.1 Å². The maximum absolute atomic E-state index is 12.2. The van der Waals surface area contributed by atoms with E-state index in [0.717, 1.165) is 31.2 Å². The van der Waals surface area contributed by atoms with Crippen molar-refractivity contribution in [2.75, 3.05) is 6.54 Å². The highest BCUT2D eigenvalue weighted by molar-refractivity contribution is 5.82. The summed E-state index contributed by atoms with van der Waals surface area (Å²) < 4.78 is 0. The predicted octanol–water partition coefficient (Wildman–Crippen LogP) is 3.20. The van der Waals surface area contributed by atoms with Crippen LogP contribution in [0.25, 0.3) is 0 Å². The minimum atomic E-state index is -0.296. The molecule has 4 heteroatoms. The number of rotatable bonds is 4. The second-order valence-corrected chi connectivity index (χ2v) is 5.20. The highest BCUT2D eigenvalue weighted by atomic mass is 16.6. The maximum atomic E-state index is 12.2. The van der Waals surface area contributed by atoms with Crippen molar-refractivity contribution >= 4 is 5.78 Å². The molecule has 0 bridgehead atoms. The maximum Gasteiger partial charge on any atom is 0.211 e. The van der Waals surface area contributed by atoms with Gasteiger partial charge in [-0.3, -0.25) is 14.9 Å². The highest BCUT2D eigenvalue weighted by Gasteiger charge is 2.33. The second kappa shape index (κ2) is 6.45. The lowest BCUT2D eigenvalue weighted by molar-refractivity contribution is -0.484. The first-order valence-electron chi connectivity index (χ1n) is 6.88. The van der Waals surface area contributed by atoms with Gasteiger partial charge in [-0.05, 0) is 18.4 Å². The summed E-state index contributed by atoms with van der Waals surface area (Å²) in [4.78, 5) is 22.8. The van der Waals surface area contributed by atoms with Gasteiger partial charge < -0.3 is 0 Å². The van der Waals surface area contributed by atoms with Gasteiger partial charge >= 0.3 is 0 Å². The van der Waals surface area contributed by atoms with Gasteiger partial charge in [-0.15, -0.1) is 0 Å². The summed E-state index contributed by atoms with van der Waals surface area (Å²) >= 11 is 0. The summed E-state index contributed by atoms with van der Waals surface area (Å²) in [6, 6.07) is 9.44. The fourth-order valence-electron chi connectivity index (χ4n) is 2.94. The number of ketones is 1. The Morgan fingerprint density at radius 2 is 1.95 bits per heavy atom. The molecule has 1 aliphatic carbocycles. The summed E-state index contributed by atoms with van der Waals surface area (Å²) in [5, 5.41) is 10.9. The van der Waals surface area contributed by atoms with E-state index < -0.39 is 0 Å². The van der Waals surface area contributed by atoms with Crippen LogP contribution in [0.1, 0.15) is 43.6 Å². The van der Waals surface area contributed by atoms with Crippen LogP contribution >= 0.6 is 0 Å². The monoisotopic (exact) mass is 261 g/mol. The second-order valence-electron chi connectivity index (χ2n) is 5.20. The van der Waals surface area contributed by atoms with Crippen LogP contribution in [-0.4, -0.2) is 17.3 Å². The standard InChI is InChI=1S/C15H19NO3/c17-15-10-6-2-5-9-13(15)14(11-16(18)19)12-7-3-1-4-8-12/h1,3-4,7-8,13-14H,2,5-6,9-11H2/t13-,14+/m0/s1. The molecule has 0 heterocycles. The number of hydrogen-bond donors (Lipinski definition) is 0. The minimum absolute atomic E-state index is 0.152. The summed E-state index contributed by atoms with van der Waals surface area (Å²) in [5.74, 6) is -0.259. The Balaban J connectivity index is 2.25. The average molecular weight is 261 g/mol. The van der Waals surface area contributed by atoms with Gasteiger partial charge in [0.1, 0.15) is 5.78 Å². The molecule has 0 aromatic heterocycles. The van der Waals surface area contributed by atoms with Gasteiger partial charge in [-0.2, -0.15) is 0 Å². The zero-order chi connectivity index (χ0) is 13.7. The largest absolute Gasteiger partial charge is 0.299 e. The van der Waals surface area contributed by atoms with Crippen molar-refractivity contribution in [3.05, 3.63) is 46.0 Å². The zero-order valence-electron chi connectivity index (χ0n) is 11.0. The molecular formula is C15H19NO3. The van der Waals surface area contributed by atoms with Gasteiger partial charge in [0.05, 0.1) is 5.92 Å². The smallest absolute Gasteiger partial charge is 0.211 e. The number of carbonyl (C=O) groups is 1. The topological polar surface area (TPSA) is 60.2 Å². The van der Waals surface area contributed by atoms with E-state index in [9.17, 15) is 14.9 Å². The van der Waals surface area contributed by atoms with Crippen LogP contribution in [0.3, 0.4) is 0 Å². The molecule has 1 aliphatic rings. The van der Waals surface area contributed by atoms with Gasteiger partial charge in [0, 0.05) is 17.3 Å². The van der Waals surface area contributed by atoms with Gasteiger partial charge in [0.25, 0.3) is 0 Å². The van der Waals surface area contributed by atoms with Crippen LogP contribution in [0, 0.1) is 16.0 Å². The third-order valence-corrected chi connectivity index (χ3v) is 3.91. The van der Waals surface area contributed by atoms with Crippen LogP contribution in [0.15, 0.2) is 30.3 Å². The van der Waals surface area contributed by atoms with E-state index in [1.165, 1.54) is 0 Å². The number of hydrogen-bond acceptors (Lipinski definition) is 3. The Morgan fingerprint density at radius 1 is 1.21 bits per heavy atom. The molecular weight excluding hydrogens is 242 g/mol. The Hall–Kier alpha value is -1.71. The molecule has 1 aromatic carbocycles. The summed E-state index contributed by atoms with van der Waals surface area (Å²) in [5.41, 5.74) is 0.916. The highest BCUT2D eigenvalue weighted by Crippen LogP contribution is 2.33. The Morgan fingerprint density at radius 3 is 2.63 bits per heavy atom. The SMILES string of the molecule is O=C1CCCCC[C@H]1[C@H](C[N+](=O)[O-])c1ccccc1. The van der Waals surface area contributed by atoms with Crippen molar-refractivity contribution in [2.24, 2.45) is 5.92 Å². The molecule has 0 aliphatic heterocycles. The predicted molar refractivity (Wildman–Crippen MR) is 72.6 cm³/mol. The Labute approximate surface area is 113 Å². The van der Waals surface area contributed by atoms with Gasteiger partial charge in [0.2, 0.25) is 6.54 Å². The number of Topliss-reactive ketones (excluding diaryl/α,β-unsaturated/α-hetero) is 1. The molecule has 0 radical (unpaired) electrons. The molecule has 1 saturated carbocycles. The first kappa shape index (κ1) is 13.7. The van der Waals surface area contributed by atoms with E-state index in [0.29, 0.717) is 6.42 Å². The van der Waals surface area contributed by atoms with E-state index in [2.05, 4.69) is 0 Å². The van der Waals surface area contributed by atoms with Crippen molar-refractivity contribution in [1.82, 2.24) is 0 Å². The first-order valence-corrected chi connectivity index (χ1v) is 6.88. The number of nitro groups is 1. The molecule has 0 amide bonds. The molecule has 0 unspecified atom stereocenters. The molecule has 2 atom stereocenters. The summed E-state index contributed by atoms with van der Waals surface area (Å²) in [7, 11) is 0. The fourth-order valence-corrected chi connectivity index (χ4v) is 2.94. The Bertz CT molecular complexity index is 444. The summed E-state index contributed by atoms with van der Waals surface area (Å²) in [6.07, 6.45) is 4.34. The van der Waals surface area contributed by atoms with Crippen LogP contribution in [0.4, 0.5) is 0 Å². The zero-order valence-corrected chi connectivity index (χ0v) is 11.0. The lowest BCUT2D eigenvalue weighted by Crippen LogP contribution is -2.27. The van der Waals surface area contributed by atoms with Crippen LogP contribution in [0.5, 0.6) is 0 Å². The molecule has 2 rings (SSSR count). The number of benzene rings is 1. The molecule has 0 saturated heterocycles. The quantitative estimate of drug-likeness (QED) is 0.475. The first-order chi connectivity index (χ1) is 9.18. The van der Waals surface area contributed by atoms with Crippen LogP contribution in [-0.2, 0) is 4.79 Å². The molecule has 102 valence electrons. The molecule has 1 fully saturated rings. The van der Waals surface area contributed by atoms with Crippen molar-refractivity contribution in [3.8, 4) is 0 Å². The van der Waals surface area contributed by atoms with Gasteiger partial charge in [-0.1, -0.05) is 43.2 Å². The molecule has 4 nitrogen and oxygen atoms in total. The number of nitrogens with zero attached hydrogens (tertiary/aromatic N) is 1. The lowest BCUT2D eigenvalue weighted by atomic mass is 9.80. The van der Waals surface area contributed by atoms with E-state index >= 15 is 0 Å². The Kier molecular flexibility index (Phi) is 4.66. The summed E-state index contributed by atoms with van der Waals surface area (Å²) in [6.45, 7) is -0.152. The third-order valence-electron chi connectivity index (χ3n) is 3.91. The van der Waals surface area contributed by atoms with Crippen molar-refractivity contribution in [1.29, 1.82) is 0 Å². The minimum Gasteiger partial charge on any atom is -0.299 e. The van der Waals surface area contributed by atoms with E-state index in [4.69, 9.17) is 0 Å². The van der Waals surface area contributed by atoms with Gasteiger partial charge in [0.15, 0.2) is 0 Å². The molecule has 0 N–H and O–H groups in total. The van der Waals surface area contributed by atoms with E-state index in [1.54, 1.807) is 0 Å². The van der Waals surface area contributed by atoms with Crippen molar-refractivity contribution in [3.63, 3.8) is 0 Å². The number of carbonyl (C=O) groups excluding carboxylic acids is 1. The van der Waals surface area contributed by atoms with E-state index in [1.807, 2.05) is 30.3 Å². The molecule has 0 spiro atoms. The average Bonchev–Trinajstić information content (AvgIpc) is 2.62. The van der Waals surface area contributed by atoms with Gasteiger partial charge in [-0.25, -0.2) is 0 Å². The molecule has 19 heavy (non-hydrogen) atoms. The van der Waals surface area contributed by atoms with Crippen LogP contribution in [0.2, 0.25) is 0 Å². The van der Waals surface area contributed by atoms with Crippen LogP contribution < -0.4 is 0 Å². The normalized spacial score (nSPS) is 21.7. The van der Waals surface area contributed by atoms with Crippen molar-refractivity contribution in [2.45, 2.75) is 38.0 Å². The lowest BCUT2D eigenvalue weighted by Gasteiger charge is -2.22. The fraction of sp³-hybridized carbons (Fsp3) is 0.533. The third kappa shape index (κ3) is 3.63.